The van der Waals surface area contributed by atoms with Gasteiger partial charge >= 0.3 is 5.76 Å². The largest absolute Gasteiger partial charge is 0.419 e. The lowest BCUT2D eigenvalue weighted by Crippen LogP contribution is -2.38. The van der Waals surface area contributed by atoms with E-state index in [1.165, 1.54) is 29.8 Å². The molecule has 13 heteroatoms. The molecule has 1 fully saturated rings. The molecule has 4 rings (SSSR count). The number of morpholine rings is 1. The number of oxazole rings is 1. The number of benzene rings is 1. The van der Waals surface area contributed by atoms with Crippen LogP contribution in [-0.4, -0.2) is 68.3 Å². The normalized spacial score (nSPS) is 14.9. The molecule has 0 amide bonds. The number of ether oxygens (including phenoxy) is 1. The number of nitrogens with zero attached hydrogens (tertiary/aromatic N) is 6. The number of sulfonamides is 1. The van der Waals surface area contributed by atoms with E-state index in [1.807, 2.05) is 4.90 Å². The number of rotatable bonds is 6. The maximum Gasteiger partial charge on any atom is 0.419 e. The third-order valence-corrected chi connectivity index (χ3v) is 6.24. The molecular weight excluding hydrogens is 426 g/mol. The van der Waals surface area contributed by atoms with Crippen molar-refractivity contribution >= 4 is 33.0 Å². The topological polar surface area (TPSA) is 136 Å². The summed E-state index contributed by atoms with van der Waals surface area (Å²) in [6.07, 6.45) is 0. The quantitative estimate of drug-likeness (QED) is 0.534. The van der Waals surface area contributed by atoms with Crippen LogP contribution in [0.15, 0.2) is 32.3 Å². The smallest absolute Gasteiger partial charge is 0.408 e. The highest BCUT2D eigenvalue weighted by atomic mass is 32.2. The van der Waals surface area contributed by atoms with Crippen LogP contribution in [0.5, 0.6) is 0 Å². The molecule has 2 aromatic heterocycles. The van der Waals surface area contributed by atoms with E-state index < -0.39 is 15.8 Å². The molecule has 1 aromatic carbocycles. The second kappa shape index (κ2) is 8.24. The van der Waals surface area contributed by atoms with Gasteiger partial charge in [-0.1, -0.05) is 0 Å². The average Bonchev–Trinajstić information content (AvgIpc) is 3.06. The van der Waals surface area contributed by atoms with Gasteiger partial charge in [0.25, 0.3) is 0 Å². The summed E-state index contributed by atoms with van der Waals surface area (Å²) >= 11 is 0. The Kier molecular flexibility index (Phi) is 5.64. The predicted octanol–water partition coefficient (Wildman–Crippen LogP) is -0.302. The monoisotopic (exact) mass is 449 g/mol. The van der Waals surface area contributed by atoms with Crippen LogP contribution >= 0.6 is 0 Å². The summed E-state index contributed by atoms with van der Waals surface area (Å²) in [6.45, 7) is 2.32. The highest BCUT2D eigenvalue weighted by Crippen LogP contribution is 2.19. The molecule has 0 bridgehead atoms. The van der Waals surface area contributed by atoms with Crippen molar-refractivity contribution in [3.8, 4) is 0 Å². The Labute approximate surface area is 178 Å². The van der Waals surface area contributed by atoms with E-state index in [4.69, 9.17) is 9.15 Å². The first-order valence-electron chi connectivity index (χ1n) is 9.59. The standard InChI is InChI=1S/C18H23N7O5S/c1-23(2)16-20-15(21-17(22-16)25-6-8-29-9-7-25)11-19-31(27,28)12-4-5-14-13(10-12)24(3)18(26)30-14/h4-5,10,19H,6-9,11H2,1-3H3. The van der Waals surface area contributed by atoms with Gasteiger partial charge in [0.15, 0.2) is 11.4 Å². The van der Waals surface area contributed by atoms with Gasteiger partial charge in [-0.3, -0.25) is 4.57 Å². The Bertz CT molecular complexity index is 1260. The zero-order chi connectivity index (χ0) is 22.2. The molecule has 3 heterocycles. The van der Waals surface area contributed by atoms with Crippen LogP contribution in [0.4, 0.5) is 11.9 Å². The van der Waals surface area contributed by atoms with Crippen molar-refractivity contribution in [2.75, 3.05) is 50.2 Å². The van der Waals surface area contributed by atoms with Crippen LogP contribution in [0.25, 0.3) is 11.1 Å². The molecule has 3 aromatic rings. The van der Waals surface area contributed by atoms with E-state index in [1.54, 1.807) is 19.0 Å². The number of hydrogen-bond acceptors (Lipinski definition) is 10. The van der Waals surface area contributed by atoms with Gasteiger partial charge in [0.05, 0.1) is 30.2 Å². The molecule has 0 unspecified atom stereocenters. The van der Waals surface area contributed by atoms with Gasteiger partial charge in [-0.05, 0) is 18.2 Å². The molecule has 1 aliphatic heterocycles. The molecule has 31 heavy (non-hydrogen) atoms. The van der Waals surface area contributed by atoms with Crippen molar-refractivity contribution in [2.24, 2.45) is 7.05 Å². The zero-order valence-electron chi connectivity index (χ0n) is 17.4. The summed E-state index contributed by atoms with van der Waals surface area (Å²) in [5.41, 5.74) is 0.701. The van der Waals surface area contributed by atoms with E-state index in [-0.39, 0.29) is 11.4 Å². The third kappa shape index (κ3) is 4.38. The Balaban J connectivity index is 1.59. The molecule has 12 nitrogen and oxygen atoms in total. The van der Waals surface area contributed by atoms with Crippen LogP contribution in [0.3, 0.4) is 0 Å². The molecule has 1 N–H and O–H groups in total. The van der Waals surface area contributed by atoms with Gasteiger partial charge in [-0.15, -0.1) is 0 Å². The Morgan fingerprint density at radius 1 is 1.16 bits per heavy atom. The van der Waals surface area contributed by atoms with Crippen LogP contribution in [0.2, 0.25) is 0 Å². The Morgan fingerprint density at radius 2 is 1.90 bits per heavy atom. The van der Waals surface area contributed by atoms with Crippen LogP contribution in [0.1, 0.15) is 5.82 Å². The summed E-state index contributed by atoms with van der Waals surface area (Å²) in [5, 5.41) is 0. The predicted molar refractivity (Wildman–Crippen MR) is 113 cm³/mol. The Morgan fingerprint density at radius 3 is 2.61 bits per heavy atom. The molecule has 0 atom stereocenters. The van der Waals surface area contributed by atoms with Gasteiger partial charge in [0, 0.05) is 34.2 Å². The number of hydrogen-bond donors (Lipinski definition) is 1. The fraction of sp³-hybridized carbons (Fsp3) is 0.444. The number of fused-ring (bicyclic) bond motifs is 1. The van der Waals surface area contributed by atoms with E-state index >= 15 is 0 Å². The fourth-order valence-corrected chi connectivity index (χ4v) is 4.10. The molecule has 0 saturated carbocycles. The second-order valence-corrected chi connectivity index (χ2v) is 8.99. The molecule has 166 valence electrons. The van der Waals surface area contributed by atoms with Crippen molar-refractivity contribution in [1.29, 1.82) is 0 Å². The molecule has 1 aliphatic rings. The summed E-state index contributed by atoms with van der Waals surface area (Å²) in [7, 11) is 1.23. The van der Waals surface area contributed by atoms with Crippen molar-refractivity contribution in [3.05, 3.63) is 34.6 Å². The lowest BCUT2D eigenvalue weighted by atomic mass is 10.3. The van der Waals surface area contributed by atoms with Crippen molar-refractivity contribution in [2.45, 2.75) is 11.4 Å². The highest BCUT2D eigenvalue weighted by Gasteiger charge is 2.20. The van der Waals surface area contributed by atoms with E-state index in [0.29, 0.717) is 55.1 Å². The van der Waals surface area contributed by atoms with Crippen LogP contribution in [-0.2, 0) is 28.4 Å². The van der Waals surface area contributed by atoms with E-state index in [2.05, 4.69) is 19.7 Å². The van der Waals surface area contributed by atoms with Crippen molar-refractivity contribution < 1.29 is 17.6 Å². The lowest BCUT2D eigenvalue weighted by Gasteiger charge is -2.27. The van der Waals surface area contributed by atoms with Gasteiger partial charge < -0.3 is 19.0 Å². The molecule has 0 aliphatic carbocycles. The maximum atomic E-state index is 12.8. The fourth-order valence-electron chi connectivity index (χ4n) is 3.10. The number of nitrogens with one attached hydrogen (secondary N) is 1. The van der Waals surface area contributed by atoms with Crippen LogP contribution < -0.4 is 20.3 Å². The first-order chi connectivity index (χ1) is 14.7. The summed E-state index contributed by atoms with van der Waals surface area (Å²) in [4.78, 5) is 28.6. The molecule has 1 saturated heterocycles. The van der Waals surface area contributed by atoms with Gasteiger partial charge in [-0.25, -0.2) is 17.9 Å². The highest BCUT2D eigenvalue weighted by molar-refractivity contribution is 7.89. The molecule has 0 spiro atoms. The second-order valence-electron chi connectivity index (χ2n) is 7.23. The Hall–Kier alpha value is -3.03. The number of aromatic nitrogens is 4. The van der Waals surface area contributed by atoms with E-state index in [9.17, 15) is 13.2 Å². The lowest BCUT2D eigenvalue weighted by molar-refractivity contribution is 0.122. The maximum absolute atomic E-state index is 12.8. The van der Waals surface area contributed by atoms with Gasteiger partial charge in [-0.2, -0.15) is 15.0 Å². The SMILES string of the molecule is CN(C)c1nc(CNS(=O)(=O)c2ccc3oc(=O)n(C)c3c2)nc(N2CCOCC2)n1. The first-order valence-corrected chi connectivity index (χ1v) is 11.1. The summed E-state index contributed by atoms with van der Waals surface area (Å²) in [6, 6.07) is 4.22. The van der Waals surface area contributed by atoms with Crippen LogP contribution in [0, 0.1) is 0 Å². The zero-order valence-corrected chi connectivity index (χ0v) is 18.2. The van der Waals surface area contributed by atoms with E-state index in [0.717, 1.165) is 0 Å². The van der Waals surface area contributed by atoms with Gasteiger partial charge in [0.1, 0.15) is 0 Å². The van der Waals surface area contributed by atoms with Crippen molar-refractivity contribution in [1.82, 2.24) is 24.2 Å². The minimum atomic E-state index is -3.88. The molecule has 0 radical (unpaired) electrons. The van der Waals surface area contributed by atoms with Gasteiger partial charge in [0.2, 0.25) is 21.9 Å². The minimum absolute atomic E-state index is 0.00620. The number of anilines is 2. The third-order valence-electron chi connectivity index (χ3n) is 4.85. The minimum Gasteiger partial charge on any atom is -0.408 e. The number of aryl methyl sites for hydroxylation is 1. The average molecular weight is 449 g/mol. The van der Waals surface area contributed by atoms with Crippen molar-refractivity contribution in [3.63, 3.8) is 0 Å². The molecular formula is C18H23N7O5S. The first kappa shape index (κ1) is 21.2. The summed E-state index contributed by atoms with van der Waals surface area (Å²) < 4.78 is 39.9. The summed E-state index contributed by atoms with van der Waals surface area (Å²) in [5.74, 6) is 0.640.